The molecule has 0 spiro atoms. The van der Waals surface area contributed by atoms with E-state index in [-0.39, 0.29) is 11.7 Å². The molecule has 3 aromatic rings. The number of thioether (sulfide) groups is 1. The van der Waals surface area contributed by atoms with Crippen LogP contribution < -0.4 is 10.2 Å². The molecule has 3 aromatic carbocycles. The van der Waals surface area contributed by atoms with E-state index in [0.717, 1.165) is 11.8 Å². The highest BCUT2D eigenvalue weighted by atomic mass is 79.9. The van der Waals surface area contributed by atoms with Crippen molar-refractivity contribution in [2.45, 2.75) is 0 Å². The Morgan fingerprint density at radius 2 is 1.76 bits per heavy atom. The standard InChI is InChI=1S/C23H13Br2FN2O3S2/c24-17-8-12(9-18(25)20(17)29)10-19-22(31)28(23(32)33-19)16-3-1-2-13(11-16)21(30)27-15-6-4-14(26)5-7-15/h1-11,29H,(H,27,30)/b19-10+. The molecule has 166 valence electrons. The third-order valence-electron chi connectivity index (χ3n) is 4.60. The van der Waals surface area contributed by atoms with Crippen LogP contribution >= 0.6 is 55.8 Å². The van der Waals surface area contributed by atoms with Crippen LogP contribution in [-0.4, -0.2) is 21.2 Å². The maximum absolute atomic E-state index is 13.1. The Hall–Kier alpha value is -2.53. The molecule has 5 nitrogen and oxygen atoms in total. The van der Waals surface area contributed by atoms with Crippen LogP contribution in [0.15, 0.2) is 74.5 Å². The minimum Gasteiger partial charge on any atom is -0.506 e. The largest absolute Gasteiger partial charge is 0.506 e. The number of amides is 2. The third-order valence-corrected chi connectivity index (χ3v) is 7.11. The number of halogens is 3. The van der Waals surface area contributed by atoms with E-state index in [4.69, 9.17) is 12.2 Å². The number of rotatable bonds is 4. The quantitative estimate of drug-likeness (QED) is 0.255. The van der Waals surface area contributed by atoms with Crippen LogP contribution in [0.1, 0.15) is 15.9 Å². The molecule has 0 unspecified atom stereocenters. The fourth-order valence-corrected chi connectivity index (χ4v) is 5.55. The predicted molar refractivity (Wildman–Crippen MR) is 140 cm³/mol. The van der Waals surface area contributed by atoms with E-state index in [0.29, 0.717) is 40.7 Å². The van der Waals surface area contributed by atoms with Crippen LogP contribution in [0.3, 0.4) is 0 Å². The van der Waals surface area contributed by atoms with Gasteiger partial charge in [-0.05, 0) is 98.1 Å². The van der Waals surface area contributed by atoms with Gasteiger partial charge >= 0.3 is 0 Å². The summed E-state index contributed by atoms with van der Waals surface area (Å²) in [6.07, 6.45) is 1.68. The number of nitrogens with one attached hydrogen (secondary N) is 1. The molecule has 2 N–H and O–H groups in total. The number of aromatic hydroxyl groups is 1. The number of carbonyl (C=O) groups is 2. The molecule has 0 saturated carbocycles. The van der Waals surface area contributed by atoms with E-state index in [9.17, 15) is 19.1 Å². The number of nitrogens with zero attached hydrogens (tertiary/aromatic N) is 1. The van der Waals surface area contributed by atoms with Crippen molar-refractivity contribution in [3.05, 3.63) is 91.5 Å². The van der Waals surface area contributed by atoms with Crippen molar-refractivity contribution in [1.29, 1.82) is 0 Å². The Morgan fingerprint density at radius 3 is 2.42 bits per heavy atom. The number of phenols is 1. The Balaban J connectivity index is 1.58. The van der Waals surface area contributed by atoms with Gasteiger partial charge in [0.15, 0.2) is 4.32 Å². The molecule has 0 aromatic heterocycles. The lowest BCUT2D eigenvalue weighted by Gasteiger charge is -2.15. The summed E-state index contributed by atoms with van der Waals surface area (Å²) >= 11 is 13.1. The second-order valence-electron chi connectivity index (χ2n) is 6.86. The van der Waals surface area contributed by atoms with Gasteiger partial charge in [0.1, 0.15) is 11.6 Å². The van der Waals surface area contributed by atoms with E-state index in [1.54, 1.807) is 42.5 Å². The highest BCUT2D eigenvalue weighted by Crippen LogP contribution is 2.38. The Kier molecular flexibility index (Phi) is 6.99. The second kappa shape index (κ2) is 9.76. The minimum atomic E-state index is -0.400. The van der Waals surface area contributed by atoms with Crippen LogP contribution in [0.5, 0.6) is 5.75 Å². The van der Waals surface area contributed by atoms with Gasteiger partial charge in [0.2, 0.25) is 0 Å². The molecule has 1 aliphatic rings. The minimum absolute atomic E-state index is 0.0652. The Labute approximate surface area is 214 Å². The SMILES string of the molecule is O=C(Nc1ccc(F)cc1)c1cccc(N2C(=O)/C(=C\c3cc(Br)c(O)c(Br)c3)SC2=S)c1. The van der Waals surface area contributed by atoms with Crippen molar-refractivity contribution in [3.8, 4) is 5.75 Å². The molecule has 1 heterocycles. The molecule has 1 aliphatic heterocycles. The van der Waals surface area contributed by atoms with Crippen LogP contribution in [0.25, 0.3) is 6.08 Å². The predicted octanol–water partition coefficient (Wildman–Crippen LogP) is 6.71. The number of hydrogen-bond donors (Lipinski definition) is 2. The van der Waals surface area contributed by atoms with Crippen molar-refractivity contribution >= 4 is 89.4 Å². The summed E-state index contributed by atoms with van der Waals surface area (Å²) in [5.74, 6) is -1.05. The summed E-state index contributed by atoms with van der Waals surface area (Å²) in [7, 11) is 0. The highest BCUT2D eigenvalue weighted by Gasteiger charge is 2.33. The summed E-state index contributed by atoms with van der Waals surface area (Å²) in [6, 6.07) is 15.3. The number of carbonyl (C=O) groups excluding carboxylic acids is 2. The normalized spacial score (nSPS) is 14.8. The second-order valence-corrected chi connectivity index (χ2v) is 10.2. The Morgan fingerprint density at radius 1 is 1.09 bits per heavy atom. The van der Waals surface area contributed by atoms with E-state index in [1.807, 2.05) is 0 Å². The first-order chi connectivity index (χ1) is 15.7. The molecule has 0 radical (unpaired) electrons. The molecule has 2 amide bonds. The maximum atomic E-state index is 13.1. The number of benzene rings is 3. The lowest BCUT2D eigenvalue weighted by molar-refractivity contribution is -0.113. The van der Waals surface area contributed by atoms with Gasteiger partial charge in [-0.1, -0.05) is 30.0 Å². The molecule has 1 saturated heterocycles. The van der Waals surface area contributed by atoms with Crippen LogP contribution in [0.2, 0.25) is 0 Å². The van der Waals surface area contributed by atoms with Crippen LogP contribution in [0, 0.1) is 5.82 Å². The number of anilines is 2. The van der Waals surface area contributed by atoms with Gasteiger partial charge in [-0.3, -0.25) is 14.5 Å². The molecule has 0 atom stereocenters. The average molecular weight is 608 g/mol. The topological polar surface area (TPSA) is 69.6 Å². The fourth-order valence-electron chi connectivity index (χ4n) is 3.03. The summed E-state index contributed by atoms with van der Waals surface area (Å²) < 4.78 is 14.4. The monoisotopic (exact) mass is 606 g/mol. The zero-order valence-corrected chi connectivity index (χ0v) is 21.3. The van der Waals surface area contributed by atoms with Gasteiger partial charge in [-0.25, -0.2) is 4.39 Å². The lowest BCUT2D eigenvalue weighted by Crippen LogP contribution is -2.27. The van der Waals surface area contributed by atoms with Crippen LogP contribution in [-0.2, 0) is 4.79 Å². The highest BCUT2D eigenvalue weighted by molar-refractivity contribution is 9.11. The van der Waals surface area contributed by atoms with E-state index in [2.05, 4.69) is 37.2 Å². The maximum Gasteiger partial charge on any atom is 0.270 e. The van der Waals surface area contributed by atoms with Crippen molar-refractivity contribution in [3.63, 3.8) is 0 Å². The first-order valence-corrected chi connectivity index (χ1v) is 12.2. The Bertz CT molecular complexity index is 1310. The summed E-state index contributed by atoms with van der Waals surface area (Å²) in [5.41, 5.74) is 1.92. The number of phenolic OH excluding ortho intramolecular Hbond substituents is 1. The van der Waals surface area contributed by atoms with Gasteiger partial charge in [-0.15, -0.1) is 0 Å². The molecule has 10 heteroatoms. The van der Waals surface area contributed by atoms with Crippen molar-refractivity contribution < 1.29 is 19.1 Å². The number of thiocarbonyl (C=S) groups is 1. The van der Waals surface area contributed by atoms with E-state index >= 15 is 0 Å². The van der Waals surface area contributed by atoms with Gasteiger partial charge in [0, 0.05) is 11.3 Å². The van der Waals surface area contributed by atoms with Gasteiger partial charge in [-0.2, -0.15) is 0 Å². The molecule has 1 fully saturated rings. The van der Waals surface area contributed by atoms with E-state index in [1.165, 1.54) is 29.2 Å². The number of hydrogen-bond acceptors (Lipinski definition) is 5. The summed E-state index contributed by atoms with van der Waals surface area (Å²) in [4.78, 5) is 27.5. The van der Waals surface area contributed by atoms with Crippen molar-refractivity contribution in [2.24, 2.45) is 0 Å². The van der Waals surface area contributed by atoms with Crippen molar-refractivity contribution in [2.75, 3.05) is 10.2 Å². The first kappa shape index (κ1) is 23.6. The molecular formula is C23H13Br2FN2O3S2. The summed E-state index contributed by atoms with van der Waals surface area (Å²) in [6.45, 7) is 0. The molecule has 0 aliphatic carbocycles. The van der Waals surface area contributed by atoms with Gasteiger partial charge < -0.3 is 10.4 Å². The molecule has 33 heavy (non-hydrogen) atoms. The summed E-state index contributed by atoms with van der Waals surface area (Å²) in [5, 5.41) is 12.6. The molecular weight excluding hydrogens is 595 g/mol. The fraction of sp³-hybridized carbons (Fsp3) is 0. The molecule has 4 rings (SSSR count). The first-order valence-electron chi connectivity index (χ1n) is 9.36. The average Bonchev–Trinajstić information content (AvgIpc) is 3.06. The zero-order valence-electron chi connectivity index (χ0n) is 16.5. The van der Waals surface area contributed by atoms with Crippen molar-refractivity contribution in [1.82, 2.24) is 0 Å². The lowest BCUT2D eigenvalue weighted by atomic mass is 10.1. The smallest absolute Gasteiger partial charge is 0.270 e. The molecule has 0 bridgehead atoms. The zero-order chi connectivity index (χ0) is 23.7. The van der Waals surface area contributed by atoms with Crippen LogP contribution in [0.4, 0.5) is 15.8 Å². The third kappa shape index (κ3) is 5.19. The van der Waals surface area contributed by atoms with E-state index < -0.39 is 11.7 Å². The van der Waals surface area contributed by atoms with Gasteiger partial charge in [0.05, 0.1) is 19.5 Å². The van der Waals surface area contributed by atoms with Gasteiger partial charge in [0.25, 0.3) is 11.8 Å².